The van der Waals surface area contributed by atoms with Gasteiger partial charge < -0.3 is 5.11 Å². The van der Waals surface area contributed by atoms with Gasteiger partial charge in [-0.05, 0) is 12.5 Å². The third kappa shape index (κ3) is 1.87. The van der Waals surface area contributed by atoms with Crippen LogP contribution in [0.25, 0.3) is 5.57 Å². The lowest BCUT2D eigenvalue weighted by Crippen LogP contribution is -2.33. The average Bonchev–Trinajstić information content (AvgIpc) is 2.71. The van der Waals surface area contributed by atoms with Crippen LogP contribution >= 0.6 is 24.0 Å². The topological polar surface area (TPSA) is 53.4 Å². The molecular formula is C9H10N2O2S2. The first-order valence-electron chi connectivity index (χ1n) is 4.44. The summed E-state index contributed by atoms with van der Waals surface area (Å²) in [6, 6.07) is -0.127. The van der Waals surface area contributed by atoms with Gasteiger partial charge in [0, 0.05) is 11.9 Å². The number of aromatic nitrogens is 1. The van der Waals surface area contributed by atoms with Crippen molar-refractivity contribution in [3.05, 3.63) is 17.2 Å². The molecule has 0 spiro atoms. The van der Waals surface area contributed by atoms with Crippen molar-refractivity contribution in [3.63, 3.8) is 0 Å². The van der Waals surface area contributed by atoms with E-state index in [1.54, 1.807) is 0 Å². The molecule has 1 aliphatic rings. The molecular weight excluding hydrogens is 232 g/mol. The molecule has 1 aliphatic heterocycles. The molecule has 6 heteroatoms. The van der Waals surface area contributed by atoms with E-state index in [0.717, 1.165) is 11.3 Å². The van der Waals surface area contributed by atoms with Crippen molar-refractivity contribution in [3.8, 4) is 0 Å². The molecule has 0 fully saturated rings. The molecule has 2 heterocycles. The summed E-state index contributed by atoms with van der Waals surface area (Å²) < 4.78 is 0.701. The SMILES string of the molecule is C[C@H]1C(c2csc(S)n2)=CCN1C(=O)O. The van der Waals surface area contributed by atoms with Crippen LogP contribution in [0, 0.1) is 0 Å². The summed E-state index contributed by atoms with van der Waals surface area (Å²) in [7, 11) is 0. The van der Waals surface area contributed by atoms with E-state index < -0.39 is 6.09 Å². The van der Waals surface area contributed by atoms with E-state index in [9.17, 15) is 4.79 Å². The highest BCUT2D eigenvalue weighted by molar-refractivity contribution is 7.82. The number of carbonyl (C=O) groups is 1. The van der Waals surface area contributed by atoms with E-state index in [4.69, 9.17) is 5.11 Å². The van der Waals surface area contributed by atoms with Gasteiger partial charge in [-0.25, -0.2) is 9.78 Å². The van der Waals surface area contributed by atoms with E-state index in [2.05, 4.69) is 17.6 Å². The molecule has 80 valence electrons. The molecule has 0 radical (unpaired) electrons. The Morgan fingerprint density at radius 1 is 1.80 bits per heavy atom. The molecule has 0 unspecified atom stereocenters. The van der Waals surface area contributed by atoms with E-state index in [1.165, 1.54) is 16.2 Å². The first kappa shape index (κ1) is 10.5. The minimum Gasteiger partial charge on any atom is -0.465 e. The first-order chi connectivity index (χ1) is 7.09. The number of hydrogen-bond donors (Lipinski definition) is 2. The maximum absolute atomic E-state index is 10.9. The van der Waals surface area contributed by atoms with Gasteiger partial charge in [-0.3, -0.25) is 4.90 Å². The van der Waals surface area contributed by atoms with E-state index in [0.29, 0.717) is 10.9 Å². The van der Waals surface area contributed by atoms with Crippen LogP contribution in [0.2, 0.25) is 0 Å². The maximum Gasteiger partial charge on any atom is 0.408 e. The van der Waals surface area contributed by atoms with Crippen LogP contribution in [-0.2, 0) is 0 Å². The van der Waals surface area contributed by atoms with Crippen LogP contribution in [0.3, 0.4) is 0 Å². The Kier molecular flexibility index (Phi) is 2.70. The van der Waals surface area contributed by atoms with Gasteiger partial charge in [0.2, 0.25) is 0 Å². The molecule has 1 aromatic heterocycles. The number of carboxylic acid groups (broad SMARTS) is 1. The Labute approximate surface area is 96.7 Å². The molecule has 1 atom stereocenters. The first-order valence-corrected chi connectivity index (χ1v) is 5.76. The molecule has 4 nitrogen and oxygen atoms in total. The van der Waals surface area contributed by atoms with Gasteiger partial charge in [0.15, 0.2) is 0 Å². The van der Waals surface area contributed by atoms with Gasteiger partial charge in [-0.2, -0.15) is 0 Å². The zero-order chi connectivity index (χ0) is 11.0. The molecule has 0 aromatic carbocycles. The number of hydrogen-bond acceptors (Lipinski definition) is 4. The highest BCUT2D eigenvalue weighted by Gasteiger charge is 2.28. The quantitative estimate of drug-likeness (QED) is 0.742. The van der Waals surface area contributed by atoms with Crippen molar-refractivity contribution >= 4 is 35.6 Å². The fraction of sp³-hybridized carbons (Fsp3) is 0.333. The average molecular weight is 242 g/mol. The fourth-order valence-electron chi connectivity index (χ4n) is 1.65. The summed E-state index contributed by atoms with van der Waals surface area (Å²) in [5.74, 6) is 0. The summed E-state index contributed by atoms with van der Waals surface area (Å²) in [4.78, 5) is 16.5. The second-order valence-electron chi connectivity index (χ2n) is 3.29. The van der Waals surface area contributed by atoms with Crippen LogP contribution in [0.1, 0.15) is 12.6 Å². The summed E-state index contributed by atoms with van der Waals surface area (Å²) in [6.07, 6.45) is 1.01. The zero-order valence-electron chi connectivity index (χ0n) is 8.04. The Morgan fingerprint density at radius 2 is 2.53 bits per heavy atom. The minimum atomic E-state index is -0.893. The molecule has 15 heavy (non-hydrogen) atoms. The number of rotatable bonds is 1. The van der Waals surface area contributed by atoms with Crippen LogP contribution in [0.4, 0.5) is 4.79 Å². The minimum absolute atomic E-state index is 0.127. The van der Waals surface area contributed by atoms with Crippen LogP contribution in [0.5, 0.6) is 0 Å². The molecule has 0 saturated heterocycles. The lowest BCUT2D eigenvalue weighted by Gasteiger charge is -2.19. The van der Waals surface area contributed by atoms with Crippen LogP contribution < -0.4 is 0 Å². The van der Waals surface area contributed by atoms with Crippen molar-refractivity contribution < 1.29 is 9.90 Å². The van der Waals surface area contributed by atoms with Crippen molar-refractivity contribution in [2.24, 2.45) is 0 Å². The van der Waals surface area contributed by atoms with E-state index in [1.807, 2.05) is 18.4 Å². The standard InChI is InChI=1S/C9H10N2O2S2/c1-5-6(2-3-11(5)9(12)13)7-4-15-8(14)10-7/h2,4-5H,3H2,1H3,(H,10,14)(H,12,13)/t5-/m0/s1. The zero-order valence-corrected chi connectivity index (χ0v) is 9.76. The molecule has 1 aromatic rings. The van der Waals surface area contributed by atoms with Gasteiger partial charge in [0.1, 0.15) is 4.34 Å². The van der Waals surface area contributed by atoms with E-state index >= 15 is 0 Å². The van der Waals surface area contributed by atoms with E-state index in [-0.39, 0.29) is 6.04 Å². The van der Waals surface area contributed by atoms with Gasteiger partial charge >= 0.3 is 6.09 Å². The Hall–Kier alpha value is -1.01. The second kappa shape index (κ2) is 3.86. The van der Waals surface area contributed by atoms with Gasteiger partial charge in [-0.1, -0.05) is 6.08 Å². The van der Waals surface area contributed by atoms with Crippen LogP contribution in [0.15, 0.2) is 15.8 Å². The molecule has 1 N–H and O–H groups in total. The monoisotopic (exact) mass is 242 g/mol. The normalized spacial score (nSPS) is 20.5. The highest BCUT2D eigenvalue weighted by Crippen LogP contribution is 2.29. The molecule has 0 aliphatic carbocycles. The number of thiol groups is 1. The number of nitrogens with zero attached hydrogens (tertiary/aromatic N) is 2. The summed E-state index contributed by atoms with van der Waals surface area (Å²) >= 11 is 5.59. The third-order valence-corrected chi connectivity index (χ3v) is 3.52. The van der Waals surface area contributed by atoms with Gasteiger partial charge in [-0.15, -0.1) is 24.0 Å². The van der Waals surface area contributed by atoms with Gasteiger partial charge in [0.05, 0.1) is 11.7 Å². The molecule has 1 amide bonds. The second-order valence-corrected chi connectivity index (χ2v) is 4.87. The summed E-state index contributed by atoms with van der Waals surface area (Å²) in [5.41, 5.74) is 1.80. The van der Waals surface area contributed by atoms with Crippen molar-refractivity contribution in [1.29, 1.82) is 0 Å². The smallest absolute Gasteiger partial charge is 0.408 e. The highest BCUT2D eigenvalue weighted by atomic mass is 32.2. The van der Waals surface area contributed by atoms with Crippen molar-refractivity contribution in [1.82, 2.24) is 9.88 Å². The van der Waals surface area contributed by atoms with Crippen molar-refractivity contribution in [2.75, 3.05) is 6.54 Å². The summed E-state index contributed by atoms with van der Waals surface area (Å²) in [5, 5.41) is 10.8. The summed E-state index contributed by atoms with van der Waals surface area (Å²) in [6.45, 7) is 2.30. The molecule has 0 saturated carbocycles. The Bertz CT molecular complexity index is 428. The Balaban J connectivity index is 2.23. The lowest BCUT2D eigenvalue weighted by molar-refractivity contribution is 0.147. The predicted molar refractivity (Wildman–Crippen MR) is 61.5 cm³/mol. The molecule has 0 bridgehead atoms. The van der Waals surface area contributed by atoms with Crippen LogP contribution in [-0.4, -0.2) is 33.7 Å². The van der Waals surface area contributed by atoms with Crippen molar-refractivity contribution in [2.45, 2.75) is 17.3 Å². The van der Waals surface area contributed by atoms with Gasteiger partial charge in [0.25, 0.3) is 0 Å². The number of amides is 1. The predicted octanol–water partition coefficient (Wildman–Crippen LogP) is 2.20. The molecule has 2 rings (SSSR count). The third-order valence-electron chi connectivity index (χ3n) is 2.46. The Morgan fingerprint density at radius 3 is 3.00 bits per heavy atom. The lowest BCUT2D eigenvalue weighted by atomic mass is 10.1. The fourth-order valence-corrected chi connectivity index (χ4v) is 2.48. The maximum atomic E-state index is 10.9. The largest absolute Gasteiger partial charge is 0.465 e. The number of thiazole rings is 1.